The Balaban J connectivity index is 1.13. The van der Waals surface area contributed by atoms with Gasteiger partial charge in [0.2, 0.25) is 10.0 Å². The predicted molar refractivity (Wildman–Crippen MR) is 142 cm³/mol. The third-order valence-corrected chi connectivity index (χ3v) is 8.91. The molecule has 2 aliphatic rings. The van der Waals surface area contributed by atoms with Gasteiger partial charge in [0.1, 0.15) is 29.2 Å². The first-order valence-corrected chi connectivity index (χ1v) is 14.8. The summed E-state index contributed by atoms with van der Waals surface area (Å²) in [5, 5.41) is 8.34. The van der Waals surface area contributed by atoms with Crippen molar-refractivity contribution >= 4 is 20.9 Å². The molecule has 2 N–H and O–H groups in total. The van der Waals surface area contributed by atoms with E-state index in [1.807, 2.05) is 12.1 Å². The molecule has 0 radical (unpaired) electrons. The number of ether oxygens (including phenoxy) is 1. The molecule has 6 rings (SSSR count). The van der Waals surface area contributed by atoms with Gasteiger partial charge in [-0.2, -0.15) is 5.10 Å². The number of rotatable bonds is 7. The van der Waals surface area contributed by atoms with Crippen molar-refractivity contribution < 1.29 is 21.9 Å². The summed E-state index contributed by atoms with van der Waals surface area (Å²) >= 11 is 0. The quantitative estimate of drug-likeness (QED) is 0.350. The fourth-order valence-electron chi connectivity index (χ4n) is 5.56. The van der Waals surface area contributed by atoms with Crippen LogP contribution in [-0.2, 0) is 23.1 Å². The number of imidazole rings is 1. The Labute approximate surface area is 225 Å². The van der Waals surface area contributed by atoms with Gasteiger partial charge in [-0.15, -0.1) is 0 Å². The van der Waals surface area contributed by atoms with E-state index in [1.54, 1.807) is 17.3 Å². The monoisotopic (exact) mass is 556 g/mol. The molecule has 2 aromatic carbocycles. The molecule has 12 heteroatoms. The maximum Gasteiger partial charge on any atom is 0.211 e. The summed E-state index contributed by atoms with van der Waals surface area (Å²) in [6.45, 7) is 5.31. The fourth-order valence-corrected chi connectivity index (χ4v) is 6.43. The Hall–Kier alpha value is -3.35. The maximum atomic E-state index is 13.7. The third kappa shape index (κ3) is 5.41. The number of nitrogens with zero attached hydrogens (tertiary/aromatic N) is 4. The number of H-pyrrole nitrogens is 2. The number of hydrogen-bond acceptors (Lipinski definition) is 6. The topological polar surface area (TPSA) is 107 Å². The molecular weight excluding hydrogens is 526 g/mol. The lowest BCUT2D eigenvalue weighted by Crippen LogP contribution is -2.40. The van der Waals surface area contributed by atoms with E-state index in [2.05, 4.69) is 20.1 Å². The maximum absolute atomic E-state index is 13.7. The molecule has 4 heterocycles. The van der Waals surface area contributed by atoms with Crippen LogP contribution in [0.25, 0.3) is 22.4 Å². The first-order valence-electron chi connectivity index (χ1n) is 13.0. The van der Waals surface area contributed by atoms with Crippen LogP contribution in [-0.4, -0.2) is 63.7 Å². The number of benzene rings is 2. The average molecular weight is 557 g/mol. The van der Waals surface area contributed by atoms with Crippen LogP contribution >= 0.6 is 0 Å². The van der Waals surface area contributed by atoms with Crippen molar-refractivity contribution in [3.05, 3.63) is 65.0 Å². The summed E-state index contributed by atoms with van der Waals surface area (Å²) in [7, 11) is -3.12. The minimum Gasteiger partial charge on any atom is -0.486 e. The van der Waals surface area contributed by atoms with E-state index in [0.717, 1.165) is 60.8 Å². The number of halogens is 2. The van der Waals surface area contributed by atoms with Crippen LogP contribution in [0.15, 0.2) is 36.4 Å². The van der Waals surface area contributed by atoms with Crippen LogP contribution in [0.3, 0.4) is 0 Å². The van der Waals surface area contributed by atoms with Gasteiger partial charge in [-0.05, 0) is 61.6 Å². The van der Waals surface area contributed by atoms with Crippen molar-refractivity contribution in [1.29, 1.82) is 0 Å². The van der Waals surface area contributed by atoms with Crippen LogP contribution in [0.2, 0.25) is 0 Å². The van der Waals surface area contributed by atoms with Crippen LogP contribution in [0.4, 0.5) is 8.78 Å². The van der Waals surface area contributed by atoms with Crippen LogP contribution in [0.1, 0.15) is 42.8 Å². The zero-order valence-corrected chi connectivity index (χ0v) is 22.6. The second-order valence-corrected chi connectivity index (χ2v) is 12.5. The number of piperidine rings is 1. The number of fused-ring (bicyclic) bond motifs is 2. The van der Waals surface area contributed by atoms with Crippen LogP contribution in [0, 0.1) is 17.6 Å². The van der Waals surface area contributed by atoms with Gasteiger partial charge in [0, 0.05) is 44.2 Å². The lowest BCUT2D eigenvalue weighted by atomic mass is 9.97. The van der Waals surface area contributed by atoms with Crippen LogP contribution in [0.5, 0.6) is 5.75 Å². The van der Waals surface area contributed by atoms with Crippen molar-refractivity contribution in [2.24, 2.45) is 5.92 Å². The van der Waals surface area contributed by atoms with E-state index in [4.69, 9.17) is 9.72 Å². The van der Waals surface area contributed by atoms with E-state index in [0.29, 0.717) is 41.8 Å². The molecule has 1 saturated heterocycles. The van der Waals surface area contributed by atoms with Gasteiger partial charge in [-0.3, -0.25) is 10.00 Å². The molecule has 0 bridgehead atoms. The first-order chi connectivity index (χ1) is 18.6. The first kappa shape index (κ1) is 25.9. The summed E-state index contributed by atoms with van der Waals surface area (Å²) in [4.78, 5) is 10.6. The molecule has 0 saturated carbocycles. The molecule has 0 spiro atoms. The standard InChI is InChI=1S/C27H30F2N6O3S/c1-16(18-9-19(28)11-20(29)10-18)38-21-3-4-23-22(12-21)26(33-32-23)27-30-24-14-34(15-25(24)31-27)13-17-5-7-35(8-6-17)39(2,36)37/h3-4,9-12,16-17H,5-8,13-15H2,1-2H3,(H,30,31)(H,32,33). The van der Waals surface area contributed by atoms with Crippen LogP contribution < -0.4 is 4.74 Å². The number of aromatic nitrogens is 4. The highest BCUT2D eigenvalue weighted by Crippen LogP contribution is 2.33. The van der Waals surface area contributed by atoms with Crippen molar-refractivity contribution in [3.8, 4) is 17.3 Å². The Kier molecular flexibility index (Phi) is 6.64. The minimum atomic E-state index is -3.12. The lowest BCUT2D eigenvalue weighted by molar-refractivity contribution is 0.182. The van der Waals surface area contributed by atoms with Crippen molar-refractivity contribution in [2.45, 2.75) is 39.0 Å². The van der Waals surface area contributed by atoms with Crippen molar-refractivity contribution in [2.75, 3.05) is 25.9 Å². The molecule has 0 aliphatic carbocycles. The average Bonchev–Trinajstić information content (AvgIpc) is 3.56. The molecule has 1 fully saturated rings. The molecule has 2 aliphatic heterocycles. The van der Waals surface area contributed by atoms with Gasteiger partial charge in [0.15, 0.2) is 5.82 Å². The van der Waals surface area contributed by atoms with E-state index >= 15 is 0 Å². The van der Waals surface area contributed by atoms with Crippen molar-refractivity contribution in [3.63, 3.8) is 0 Å². The molecule has 1 unspecified atom stereocenters. The molecule has 206 valence electrons. The van der Waals surface area contributed by atoms with Gasteiger partial charge < -0.3 is 9.72 Å². The smallest absolute Gasteiger partial charge is 0.211 e. The van der Waals surface area contributed by atoms with E-state index in [9.17, 15) is 17.2 Å². The molecule has 4 aromatic rings. The highest BCUT2D eigenvalue weighted by molar-refractivity contribution is 7.88. The minimum absolute atomic E-state index is 0.410. The third-order valence-electron chi connectivity index (χ3n) is 7.60. The van der Waals surface area contributed by atoms with Gasteiger partial charge in [0.25, 0.3) is 0 Å². The fraction of sp³-hybridized carbons (Fsp3) is 0.407. The molecule has 2 aromatic heterocycles. The summed E-state index contributed by atoms with van der Waals surface area (Å²) in [5.41, 5.74) is 3.95. The lowest BCUT2D eigenvalue weighted by Gasteiger charge is -2.32. The van der Waals surface area contributed by atoms with E-state index < -0.39 is 27.8 Å². The molecular formula is C27H30F2N6O3S. The number of aromatic amines is 2. The SMILES string of the molecule is CC(Oc1ccc2[nH]nc(-c3nc4c([nH]3)CN(CC3CCN(S(C)(=O)=O)CC3)C4)c2c1)c1cc(F)cc(F)c1. The predicted octanol–water partition coefficient (Wildman–Crippen LogP) is 4.36. The highest BCUT2D eigenvalue weighted by Gasteiger charge is 2.30. The Morgan fingerprint density at radius 2 is 1.85 bits per heavy atom. The Bertz CT molecular complexity index is 1580. The molecule has 1 atom stereocenters. The van der Waals surface area contributed by atoms with Gasteiger partial charge in [-0.1, -0.05) is 0 Å². The van der Waals surface area contributed by atoms with Gasteiger partial charge in [-0.25, -0.2) is 26.5 Å². The summed E-state index contributed by atoms with van der Waals surface area (Å²) in [5.74, 6) is 0.398. The largest absolute Gasteiger partial charge is 0.486 e. The van der Waals surface area contributed by atoms with E-state index in [1.165, 1.54) is 18.4 Å². The van der Waals surface area contributed by atoms with Gasteiger partial charge in [0.05, 0.1) is 23.2 Å². The zero-order valence-electron chi connectivity index (χ0n) is 21.7. The molecule has 0 amide bonds. The van der Waals surface area contributed by atoms with Crippen molar-refractivity contribution in [1.82, 2.24) is 29.4 Å². The molecule has 9 nitrogen and oxygen atoms in total. The molecule has 39 heavy (non-hydrogen) atoms. The number of sulfonamides is 1. The second kappa shape index (κ2) is 10.00. The Morgan fingerprint density at radius 1 is 1.10 bits per heavy atom. The zero-order chi connectivity index (χ0) is 27.3. The van der Waals surface area contributed by atoms with Gasteiger partial charge >= 0.3 is 0 Å². The number of hydrogen-bond donors (Lipinski definition) is 2. The summed E-state index contributed by atoms with van der Waals surface area (Å²) in [6, 6.07) is 8.86. The van der Waals surface area contributed by atoms with E-state index in [-0.39, 0.29) is 0 Å². The summed E-state index contributed by atoms with van der Waals surface area (Å²) < 4.78 is 58.4. The number of nitrogens with one attached hydrogen (secondary N) is 2. The highest BCUT2D eigenvalue weighted by atomic mass is 32.2. The summed E-state index contributed by atoms with van der Waals surface area (Å²) in [6.07, 6.45) is 2.45. The Morgan fingerprint density at radius 3 is 2.54 bits per heavy atom. The second-order valence-electron chi connectivity index (χ2n) is 10.5. The normalized spacial score (nSPS) is 18.1.